The lowest BCUT2D eigenvalue weighted by molar-refractivity contribution is -0.139. The SMILES string of the molecule is CN(C)CCNC(=O)N1CCC(C(=O)O)c2ccccc21. The lowest BCUT2D eigenvalue weighted by Gasteiger charge is -2.32. The second kappa shape index (κ2) is 6.58. The summed E-state index contributed by atoms with van der Waals surface area (Å²) in [5.74, 6) is -1.37. The number of amides is 2. The molecular formula is C15H21N3O3. The number of carbonyl (C=O) groups is 2. The highest BCUT2D eigenvalue weighted by Gasteiger charge is 2.32. The van der Waals surface area contributed by atoms with Gasteiger partial charge in [0.2, 0.25) is 0 Å². The van der Waals surface area contributed by atoms with Gasteiger partial charge >= 0.3 is 12.0 Å². The number of anilines is 1. The van der Waals surface area contributed by atoms with Crippen molar-refractivity contribution in [3.05, 3.63) is 29.8 Å². The van der Waals surface area contributed by atoms with Crippen LogP contribution >= 0.6 is 0 Å². The fourth-order valence-electron chi connectivity index (χ4n) is 2.51. The normalized spacial score (nSPS) is 17.5. The average Bonchev–Trinajstić information content (AvgIpc) is 2.45. The molecule has 1 heterocycles. The Kier molecular flexibility index (Phi) is 4.80. The molecule has 0 bridgehead atoms. The third-order valence-electron chi connectivity index (χ3n) is 3.62. The Bertz CT molecular complexity index is 531. The zero-order valence-electron chi connectivity index (χ0n) is 12.4. The van der Waals surface area contributed by atoms with Gasteiger partial charge < -0.3 is 15.3 Å². The van der Waals surface area contributed by atoms with Crippen LogP contribution in [0, 0.1) is 0 Å². The van der Waals surface area contributed by atoms with E-state index in [-0.39, 0.29) is 6.03 Å². The first-order chi connectivity index (χ1) is 10.0. The monoisotopic (exact) mass is 291 g/mol. The predicted molar refractivity (Wildman–Crippen MR) is 80.7 cm³/mol. The van der Waals surface area contributed by atoms with E-state index in [0.717, 1.165) is 6.54 Å². The fourth-order valence-corrected chi connectivity index (χ4v) is 2.51. The van der Waals surface area contributed by atoms with E-state index < -0.39 is 11.9 Å². The van der Waals surface area contributed by atoms with Crippen molar-refractivity contribution in [2.75, 3.05) is 38.6 Å². The first-order valence-electron chi connectivity index (χ1n) is 7.02. The summed E-state index contributed by atoms with van der Waals surface area (Å²) in [6.07, 6.45) is 0.438. The van der Waals surface area contributed by atoms with Gasteiger partial charge in [-0.3, -0.25) is 9.69 Å². The minimum Gasteiger partial charge on any atom is -0.481 e. The van der Waals surface area contributed by atoms with Crippen molar-refractivity contribution in [3.8, 4) is 0 Å². The van der Waals surface area contributed by atoms with Gasteiger partial charge in [-0.1, -0.05) is 18.2 Å². The minimum atomic E-state index is -0.838. The summed E-state index contributed by atoms with van der Waals surface area (Å²) in [5, 5.41) is 12.2. The van der Waals surface area contributed by atoms with Gasteiger partial charge in [-0.15, -0.1) is 0 Å². The van der Waals surface area contributed by atoms with Crippen molar-refractivity contribution in [1.29, 1.82) is 0 Å². The van der Waals surface area contributed by atoms with Crippen molar-refractivity contribution in [3.63, 3.8) is 0 Å². The highest BCUT2D eigenvalue weighted by Crippen LogP contribution is 2.35. The average molecular weight is 291 g/mol. The number of nitrogens with zero attached hydrogens (tertiary/aromatic N) is 2. The molecule has 0 aliphatic carbocycles. The van der Waals surface area contributed by atoms with Gasteiger partial charge in [0.1, 0.15) is 0 Å². The van der Waals surface area contributed by atoms with Crippen LogP contribution in [0.3, 0.4) is 0 Å². The molecule has 0 radical (unpaired) electrons. The van der Waals surface area contributed by atoms with E-state index in [9.17, 15) is 14.7 Å². The summed E-state index contributed by atoms with van der Waals surface area (Å²) in [6.45, 7) is 1.74. The largest absolute Gasteiger partial charge is 0.481 e. The number of nitrogens with one attached hydrogen (secondary N) is 1. The van der Waals surface area contributed by atoms with Crippen LogP contribution in [0.25, 0.3) is 0 Å². The number of para-hydroxylation sites is 1. The van der Waals surface area contributed by atoms with Crippen molar-refractivity contribution in [1.82, 2.24) is 10.2 Å². The van der Waals surface area contributed by atoms with E-state index in [1.807, 2.05) is 31.1 Å². The Morgan fingerprint density at radius 1 is 1.38 bits per heavy atom. The summed E-state index contributed by atoms with van der Waals surface area (Å²) in [7, 11) is 3.89. The molecule has 1 unspecified atom stereocenters. The highest BCUT2D eigenvalue weighted by molar-refractivity contribution is 5.95. The lowest BCUT2D eigenvalue weighted by atomic mass is 9.90. The van der Waals surface area contributed by atoms with Gasteiger partial charge in [0.05, 0.1) is 5.92 Å². The van der Waals surface area contributed by atoms with Crippen molar-refractivity contribution >= 4 is 17.7 Å². The fraction of sp³-hybridized carbons (Fsp3) is 0.467. The molecule has 114 valence electrons. The molecule has 1 atom stereocenters. The van der Waals surface area contributed by atoms with Crippen LogP contribution in [0.1, 0.15) is 17.9 Å². The highest BCUT2D eigenvalue weighted by atomic mass is 16.4. The minimum absolute atomic E-state index is 0.173. The summed E-state index contributed by atoms with van der Waals surface area (Å²) in [4.78, 5) is 27.2. The molecule has 2 amide bonds. The number of carboxylic acids is 1. The topological polar surface area (TPSA) is 72.9 Å². The standard InChI is InChI=1S/C15H21N3O3/c1-17(2)10-8-16-15(21)18-9-7-12(14(19)20)11-5-3-4-6-13(11)18/h3-6,12H,7-10H2,1-2H3,(H,16,21)(H,19,20). The molecule has 21 heavy (non-hydrogen) atoms. The zero-order chi connectivity index (χ0) is 15.4. The maximum atomic E-state index is 12.3. The van der Waals surface area contributed by atoms with E-state index in [1.54, 1.807) is 17.0 Å². The number of urea groups is 1. The van der Waals surface area contributed by atoms with Crippen molar-refractivity contribution in [2.45, 2.75) is 12.3 Å². The first-order valence-corrected chi connectivity index (χ1v) is 7.02. The van der Waals surface area contributed by atoms with Crippen LogP contribution in [0.15, 0.2) is 24.3 Å². The van der Waals surface area contributed by atoms with E-state index >= 15 is 0 Å². The Balaban J connectivity index is 2.13. The number of likely N-dealkylation sites (N-methyl/N-ethyl adjacent to an activating group) is 1. The second-order valence-corrected chi connectivity index (χ2v) is 5.43. The third-order valence-corrected chi connectivity index (χ3v) is 3.62. The van der Waals surface area contributed by atoms with Crippen LogP contribution < -0.4 is 10.2 Å². The van der Waals surface area contributed by atoms with Gasteiger partial charge in [-0.05, 0) is 32.1 Å². The molecule has 2 rings (SSSR count). The van der Waals surface area contributed by atoms with Gasteiger partial charge in [0, 0.05) is 25.3 Å². The molecule has 1 aromatic carbocycles. The lowest BCUT2D eigenvalue weighted by Crippen LogP contribution is -2.45. The molecule has 1 aromatic rings. The Morgan fingerprint density at radius 2 is 2.10 bits per heavy atom. The molecule has 6 heteroatoms. The van der Waals surface area contributed by atoms with E-state index in [2.05, 4.69) is 5.32 Å². The molecule has 0 aromatic heterocycles. The smallest absolute Gasteiger partial charge is 0.321 e. The predicted octanol–water partition coefficient (Wildman–Crippen LogP) is 1.34. The number of hydrogen-bond donors (Lipinski definition) is 2. The number of benzene rings is 1. The van der Waals surface area contributed by atoms with E-state index in [4.69, 9.17) is 0 Å². The quantitative estimate of drug-likeness (QED) is 0.878. The van der Waals surface area contributed by atoms with Gasteiger partial charge in [-0.2, -0.15) is 0 Å². The van der Waals surface area contributed by atoms with Crippen molar-refractivity contribution < 1.29 is 14.7 Å². The molecule has 0 saturated heterocycles. The molecule has 0 fully saturated rings. The molecule has 1 aliphatic rings. The number of carbonyl (C=O) groups excluding carboxylic acids is 1. The molecular weight excluding hydrogens is 270 g/mol. The molecule has 2 N–H and O–H groups in total. The van der Waals surface area contributed by atoms with Gasteiger partial charge in [-0.25, -0.2) is 4.79 Å². The summed E-state index contributed by atoms with van der Waals surface area (Å²) >= 11 is 0. The van der Waals surface area contributed by atoms with Crippen LogP contribution in [0.5, 0.6) is 0 Å². The summed E-state index contributed by atoms with van der Waals surface area (Å²) in [5.41, 5.74) is 1.40. The summed E-state index contributed by atoms with van der Waals surface area (Å²) < 4.78 is 0. The number of hydrogen-bond acceptors (Lipinski definition) is 3. The maximum absolute atomic E-state index is 12.3. The molecule has 0 saturated carbocycles. The van der Waals surface area contributed by atoms with E-state index in [0.29, 0.717) is 30.8 Å². The van der Waals surface area contributed by atoms with Gasteiger partial charge in [0.15, 0.2) is 0 Å². The molecule has 1 aliphatic heterocycles. The second-order valence-electron chi connectivity index (χ2n) is 5.43. The van der Waals surface area contributed by atoms with Crippen LogP contribution in [-0.2, 0) is 4.79 Å². The number of carboxylic acid groups (broad SMARTS) is 1. The number of aliphatic carboxylic acids is 1. The number of rotatable bonds is 4. The third kappa shape index (κ3) is 3.52. The van der Waals surface area contributed by atoms with Gasteiger partial charge in [0.25, 0.3) is 0 Å². The summed E-state index contributed by atoms with van der Waals surface area (Å²) in [6, 6.07) is 7.04. The van der Waals surface area contributed by atoms with Crippen LogP contribution in [0.2, 0.25) is 0 Å². The Labute approximate surface area is 124 Å². The van der Waals surface area contributed by atoms with Crippen LogP contribution in [-0.4, -0.2) is 55.7 Å². The first kappa shape index (κ1) is 15.3. The zero-order valence-corrected chi connectivity index (χ0v) is 12.4. The van der Waals surface area contributed by atoms with Crippen LogP contribution in [0.4, 0.5) is 10.5 Å². The Morgan fingerprint density at radius 3 is 2.76 bits per heavy atom. The van der Waals surface area contributed by atoms with E-state index in [1.165, 1.54) is 0 Å². The molecule has 6 nitrogen and oxygen atoms in total. The number of fused-ring (bicyclic) bond motifs is 1. The molecule has 0 spiro atoms. The van der Waals surface area contributed by atoms with Crippen molar-refractivity contribution in [2.24, 2.45) is 0 Å². The Hall–Kier alpha value is -2.08. The maximum Gasteiger partial charge on any atom is 0.321 e.